The lowest BCUT2D eigenvalue weighted by atomic mass is 10.1. The van der Waals surface area contributed by atoms with Crippen LogP contribution in [-0.4, -0.2) is 68.1 Å². The van der Waals surface area contributed by atoms with Gasteiger partial charge in [0.1, 0.15) is 23.1 Å². The minimum absolute atomic E-state index is 0.0539. The van der Waals surface area contributed by atoms with Crippen molar-refractivity contribution < 1.29 is 28.8 Å². The maximum absolute atomic E-state index is 11.8. The predicted molar refractivity (Wildman–Crippen MR) is 95.7 cm³/mol. The highest BCUT2D eigenvalue weighted by atomic mass is 32.2. The second-order valence-corrected chi connectivity index (χ2v) is 6.57. The molecule has 0 amide bonds. The number of methoxy groups -OCH3 is 2. The van der Waals surface area contributed by atoms with Gasteiger partial charge in [-0.05, 0) is 19.1 Å². The summed E-state index contributed by atoms with van der Waals surface area (Å²) in [6.45, 7) is 3.58. The van der Waals surface area contributed by atoms with Crippen LogP contribution in [0.4, 0.5) is 0 Å². The SMILES string of the molecule is COCCOCCOc1ccc(C2=N[C@@](C)(C(=O)OC)CS2)c(O)c1. The maximum atomic E-state index is 11.8. The van der Waals surface area contributed by atoms with E-state index in [1.54, 1.807) is 26.2 Å². The Kier molecular flexibility index (Phi) is 7.10. The topological polar surface area (TPSA) is 86.6 Å². The number of phenols is 1. The Bertz CT molecular complexity index is 636. The summed E-state index contributed by atoms with van der Waals surface area (Å²) in [5.41, 5.74) is -0.350. The number of carbonyl (C=O) groups is 1. The first-order chi connectivity index (χ1) is 12.0. The lowest BCUT2D eigenvalue weighted by Crippen LogP contribution is -2.34. The Morgan fingerprint density at radius 3 is 2.72 bits per heavy atom. The number of rotatable bonds is 9. The maximum Gasteiger partial charge on any atom is 0.334 e. The number of nitrogens with zero attached hydrogens (tertiary/aromatic N) is 1. The number of benzene rings is 1. The highest BCUT2D eigenvalue weighted by molar-refractivity contribution is 8.14. The number of ether oxygens (including phenoxy) is 4. The smallest absolute Gasteiger partial charge is 0.334 e. The van der Waals surface area contributed by atoms with Crippen molar-refractivity contribution in [2.24, 2.45) is 4.99 Å². The van der Waals surface area contributed by atoms with Crippen molar-refractivity contribution in [3.05, 3.63) is 23.8 Å². The Morgan fingerprint density at radius 2 is 2.04 bits per heavy atom. The quantitative estimate of drug-likeness (QED) is 0.525. The molecule has 1 heterocycles. The average Bonchev–Trinajstić information content (AvgIpc) is 3.00. The van der Waals surface area contributed by atoms with Crippen molar-refractivity contribution in [1.29, 1.82) is 0 Å². The van der Waals surface area contributed by atoms with Gasteiger partial charge in [0.05, 0.1) is 26.9 Å². The van der Waals surface area contributed by atoms with Crippen molar-refractivity contribution in [2.75, 3.05) is 46.4 Å². The third-order valence-electron chi connectivity index (χ3n) is 3.59. The fraction of sp³-hybridized carbons (Fsp3) is 0.529. The molecule has 1 aromatic rings. The number of esters is 1. The van der Waals surface area contributed by atoms with Crippen molar-refractivity contribution in [2.45, 2.75) is 12.5 Å². The molecule has 1 atom stereocenters. The Hall–Kier alpha value is -1.77. The first kappa shape index (κ1) is 19.6. The molecule has 8 heteroatoms. The number of thioether (sulfide) groups is 1. The van der Waals surface area contributed by atoms with E-state index in [1.807, 2.05) is 0 Å². The molecule has 1 aliphatic rings. The van der Waals surface area contributed by atoms with E-state index >= 15 is 0 Å². The first-order valence-electron chi connectivity index (χ1n) is 7.84. The van der Waals surface area contributed by atoms with Gasteiger partial charge in [0, 0.05) is 24.5 Å². The summed E-state index contributed by atoms with van der Waals surface area (Å²) in [6.07, 6.45) is 0. The van der Waals surface area contributed by atoms with E-state index in [0.717, 1.165) is 0 Å². The fourth-order valence-electron chi connectivity index (χ4n) is 2.20. The van der Waals surface area contributed by atoms with Crippen LogP contribution in [0.25, 0.3) is 0 Å². The number of hydrogen-bond donors (Lipinski definition) is 1. The summed E-state index contributed by atoms with van der Waals surface area (Å²) in [4.78, 5) is 16.2. The zero-order valence-electron chi connectivity index (χ0n) is 14.6. The number of carbonyl (C=O) groups excluding carboxylic acids is 1. The summed E-state index contributed by atoms with van der Waals surface area (Å²) in [7, 11) is 2.96. The summed E-state index contributed by atoms with van der Waals surface area (Å²) in [5.74, 6) is 0.683. The lowest BCUT2D eigenvalue weighted by molar-refractivity contribution is -0.145. The van der Waals surface area contributed by atoms with Crippen LogP contribution in [0.1, 0.15) is 12.5 Å². The normalized spacial score (nSPS) is 19.6. The second-order valence-electron chi connectivity index (χ2n) is 5.60. The fourth-order valence-corrected chi connectivity index (χ4v) is 3.40. The number of phenolic OH excluding ortho intramolecular Hbond substituents is 1. The molecule has 0 saturated heterocycles. The van der Waals surface area contributed by atoms with Gasteiger partial charge in [0.2, 0.25) is 0 Å². The van der Waals surface area contributed by atoms with E-state index in [-0.39, 0.29) is 11.7 Å². The van der Waals surface area contributed by atoms with Crippen molar-refractivity contribution in [3.8, 4) is 11.5 Å². The largest absolute Gasteiger partial charge is 0.507 e. The minimum Gasteiger partial charge on any atom is -0.507 e. The van der Waals surface area contributed by atoms with Crippen LogP contribution in [0.5, 0.6) is 11.5 Å². The zero-order valence-corrected chi connectivity index (χ0v) is 15.4. The molecule has 1 aliphatic heterocycles. The van der Waals surface area contributed by atoms with Gasteiger partial charge in [-0.3, -0.25) is 4.99 Å². The number of aliphatic imine (C=N–C) groups is 1. The average molecular weight is 369 g/mol. The minimum atomic E-state index is -0.921. The van der Waals surface area contributed by atoms with Crippen LogP contribution in [0.2, 0.25) is 0 Å². The Morgan fingerprint density at radius 1 is 1.28 bits per heavy atom. The summed E-state index contributed by atoms with van der Waals surface area (Å²) >= 11 is 1.41. The molecule has 0 spiro atoms. The molecule has 1 N–H and O–H groups in total. The van der Waals surface area contributed by atoms with E-state index in [0.29, 0.717) is 48.5 Å². The molecule has 2 rings (SSSR count). The van der Waals surface area contributed by atoms with Crippen molar-refractivity contribution in [3.63, 3.8) is 0 Å². The van der Waals surface area contributed by atoms with E-state index < -0.39 is 5.54 Å². The van der Waals surface area contributed by atoms with Gasteiger partial charge in [0.25, 0.3) is 0 Å². The third-order valence-corrected chi connectivity index (χ3v) is 4.88. The van der Waals surface area contributed by atoms with Gasteiger partial charge < -0.3 is 24.1 Å². The molecule has 1 aromatic carbocycles. The van der Waals surface area contributed by atoms with Gasteiger partial charge >= 0.3 is 5.97 Å². The monoisotopic (exact) mass is 369 g/mol. The molecule has 0 aliphatic carbocycles. The molecule has 7 nitrogen and oxygen atoms in total. The third kappa shape index (κ3) is 5.10. The number of hydrogen-bond acceptors (Lipinski definition) is 8. The lowest BCUT2D eigenvalue weighted by Gasteiger charge is -2.15. The summed E-state index contributed by atoms with van der Waals surface area (Å²) in [5, 5.41) is 10.9. The zero-order chi connectivity index (χ0) is 18.3. The van der Waals surface area contributed by atoms with Crippen molar-refractivity contribution in [1.82, 2.24) is 0 Å². The first-order valence-corrected chi connectivity index (χ1v) is 8.82. The number of aromatic hydroxyl groups is 1. The molecule has 0 radical (unpaired) electrons. The van der Waals surface area contributed by atoms with Crippen LogP contribution in [0.3, 0.4) is 0 Å². The van der Waals surface area contributed by atoms with E-state index in [9.17, 15) is 9.90 Å². The Balaban J connectivity index is 1.96. The van der Waals surface area contributed by atoms with Gasteiger partial charge in [0.15, 0.2) is 5.54 Å². The molecule has 0 unspecified atom stereocenters. The van der Waals surface area contributed by atoms with E-state index in [2.05, 4.69) is 4.99 Å². The molecule has 138 valence electrons. The van der Waals surface area contributed by atoms with Crippen LogP contribution in [0.15, 0.2) is 23.2 Å². The van der Waals surface area contributed by atoms with E-state index in [1.165, 1.54) is 24.9 Å². The van der Waals surface area contributed by atoms with E-state index in [4.69, 9.17) is 18.9 Å². The molecule has 0 saturated carbocycles. The van der Waals surface area contributed by atoms with Gasteiger partial charge in [-0.15, -0.1) is 11.8 Å². The molecule has 25 heavy (non-hydrogen) atoms. The highest BCUT2D eigenvalue weighted by Crippen LogP contribution is 2.35. The summed E-state index contributed by atoms with van der Waals surface area (Å²) < 4.78 is 20.5. The Labute approximate surface area is 151 Å². The molecule has 0 fully saturated rings. The standard InChI is InChI=1S/C17H23NO6S/c1-17(16(20)22-3)11-25-15(18-17)13-5-4-12(10-14(13)19)24-9-8-23-7-6-21-2/h4-5,10,19H,6-9,11H2,1-3H3/t17-/m1/s1. The highest BCUT2D eigenvalue weighted by Gasteiger charge is 2.40. The molecule has 0 aromatic heterocycles. The van der Waals surface area contributed by atoms with Crippen LogP contribution in [-0.2, 0) is 19.0 Å². The summed E-state index contributed by atoms with van der Waals surface area (Å²) in [6, 6.07) is 5.01. The molecular formula is C17H23NO6S. The van der Waals surface area contributed by atoms with Crippen LogP contribution >= 0.6 is 11.8 Å². The van der Waals surface area contributed by atoms with Crippen LogP contribution < -0.4 is 4.74 Å². The predicted octanol–water partition coefficient (Wildman–Crippen LogP) is 1.86. The molecular weight excluding hydrogens is 346 g/mol. The van der Waals surface area contributed by atoms with Crippen molar-refractivity contribution >= 4 is 22.8 Å². The van der Waals surface area contributed by atoms with Gasteiger partial charge in [-0.2, -0.15) is 0 Å². The van der Waals surface area contributed by atoms with Gasteiger partial charge in [-0.1, -0.05) is 0 Å². The molecule has 0 bridgehead atoms. The second kappa shape index (κ2) is 9.07. The van der Waals surface area contributed by atoms with Crippen LogP contribution in [0, 0.1) is 0 Å². The van der Waals surface area contributed by atoms with Gasteiger partial charge in [-0.25, -0.2) is 4.79 Å².